The summed E-state index contributed by atoms with van der Waals surface area (Å²) >= 11 is 0. The fourth-order valence-electron chi connectivity index (χ4n) is 3.12. The number of aryl methyl sites for hydroxylation is 2. The van der Waals surface area contributed by atoms with Crippen molar-refractivity contribution in [3.8, 4) is 17.3 Å². The molecule has 0 spiro atoms. The maximum atomic E-state index is 9.15. The monoisotopic (exact) mass is 315 g/mol. The molecule has 0 aliphatic carbocycles. The van der Waals surface area contributed by atoms with Crippen LogP contribution in [0.15, 0.2) is 48.7 Å². The lowest BCUT2D eigenvalue weighted by Gasteiger charge is -2.20. The topological polar surface area (TPSA) is 27.7 Å². The van der Waals surface area contributed by atoms with Crippen molar-refractivity contribution in [3.63, 3.8) is 0 Å². The molecule has 1 heterocycles. The number of hydrogen-bond donors (Lipinski definition) is 0. The standard InChI is InChI=1S/C22H23N2/c1-15-6-8-18(22(2,3)4)13-20(15)21-19-9-7-16(14-23)12-17(19)10-11-24(21)5/h6-13H,1-5H3/q+1. The second kappa shape index (κ2) is 5.76. The molecule has 0 unspecified atom stereocenters. The molecule has 1 aromatic heterocycles. The number of pyridine rings is 1. The second-order valence-corrected chi connectivity index (χ2v) is 7.47. The van der Waals surface area contributed by atoms with Crippen molar-refractivity contribution < 1.29 is 4.57 Å². The van der Waals surface area contributed by atoms with Gasteiger partial charge in [0.25, 0.3) is 0 Å². The summed E-state index contributed by atoms with van der Waals surface area (Å²) in [5.74, 6) is 0. The normalized spacial score (nSPS) is 11.5. The molecular formula is C22H23N2+. The number of aromatic nitrogens is 1. The maximum Gasteiger partial charge on any atom is 0.220 e. The lowest BCUT2D eigenvalue weighted by atomic mass is 9.84. The molecule has 3 rings (SSSR count). The third-order valence-corrected chi connectivity index (χ3v) is 4.62. The molecule has 2 heteroatoms. The highest BCUT2D eigenvalue weighted by atomic mass is 14.9. The Bertz CT molecular complexity index is 970. The van der Waals surface area contributed by atoms with Gasteiger partial charge in [-0.05, 0) is 53.1 Å². The summed E-state index contributed by atoms with van der Waals surface area (Å²) in [6.07, 6.45) is 2.07. The maximum absolute atomic E-state index is 9.15. The van der Waals surface area contributed by atoms with E-state index in [-0.39, 0.29) is 5.41 Å². The average Bonchev–Trinajstić information content (AvgIpc) is 2.54. The summed E-state index contributed by atoms with van der Waals surface area (Å²) in [6.45, 7) is 8.88. The first-order valence-electron chi connectivity index (χ1n) is 8.25. The van der Waals surface area contributed by atoms with Crippen molar-refractivity contribution in [2.24, 2.45) is 7.05 Å². The van der Waals surface area contributed by atoms with Crippen LogP contribution in [0.2, 0.25) is 0 Å². The van der Waals surface area contributed by atoms with Gasteiger partial charge >= 0.3 is 0 Å². The first-order chi connectivity index (χ1) is 11.3. The molecular weight excluding hydrogens is 292 g/mol. The fourth-order valence-corrected chi connectivity index (χ4v) is 3.12. The van der Waals surface area contributed by atoms with Gasteiger partial charge in [0.1, 0.15) is 7.05 Å². The number of nitrogens with zero attached hydrogens (tertiary/aromatic N) is 2. The van der Waals surface area contributed by atoms with Crippen LogP contribution < -0.4 is 4.57 Å². The number of hydrogen-bond acceptors (Lipinski definition) is 1. The van der Waals surface area contributed by atoms with Crippen molar-refractivity contribution in [1.29, 1.82) is 5.26 Å². The molecule has 3 aromatic rings. The molecule has 0 amide bonds. The highest BCUT2D eigenvalue weighted by molar-refractivity contribution is 5.94. The van der Waals surface area contributed by atoms with E-state index >= 15 is 0 Å². The zero-order chi connectivity index (χ0) is 17.5. The van der Waals surface area contributed by atoms with Crippen LogP contribution >= 0.6 is 0 Å². The van der Waals surface area contributed by atoms with Crippen LogP contribution in [0.1, 0.15) is 37.5 Å². The molecule has 2 aromatic carbocycles. The van der Waals surface area contributed by atoms with Crippen molar-refractivity contribution in [2.75, 3.05) is 0 Å². The molecule has 0 aliphatic rings. The Morgan fingerprint density at radius 3 is 2.42 bits per heavy atom. The number of benzene rings is 2. The summed E-state index contributed by atoms with van der Waals surface area (Å²) in [5, 5.41) is 11.4. The molecule has 0 saturated heterocycles. The van der Waals surface area contributed by atoms with Crippen LogP contribution in [0.4, 0.5) is 0 Å². The van der Waals surface area contributed by atoms with E-state index in [1.807, 2.05) is 12.1 Å². The Balaban J connectivity index is 2.34. The van der Waals surface area contributed by atoms with E-state index in [1.54, 1.807) is 0 Å². The van der Waals surface area contributed by atoms with Crippen LogP contribution in [0.25, 0.3) is 22.0 Å². The van der Waals surface area contributed by atoms with Gasteiger partial charge in [-0.25, -0.2) is 4.57 Å². The van der Waals surface area contributed by atoms with Gasteiger partial charge in [-0.3, -0.25) is 0 Å². The van der Waals surface area contributed by atoms with E-state index in [4.69, 9.17) is 5.26 Å². The van der Waals surface area contributed by atoms with Crippen molar-refractivity contribution in [1.82, 2.24) is 0 Å². The van der Waals surface area contributed by atoms with Crippen molar-refractivity contribution in [3.05, 3.63) is 65.4 Å². The van der Waals surface area contributed by atoms with Crippen LogP contribution in [0.5, 0.6) is 0 Å². The first-order valence-corrected chi connectivity index (χ1v) is 8.25. The van der Waals surface area contributed by atoms with Crippen LogP contribution in [0.3, 0.4) is 0 Å². The fraction of sp³-hybridized carbons (Fsp3) is 0.273. The second-order valence-electron chi connectivity index (χ2n) is 7.47. The summed E-state index contributed by atoms with van der Waals surface area (Å²) in [6, 6.07) is 17.0. The summed E-state index contributed by atoms with van der Waals surface area (Å²) < 4.78 is 2.17. The zero-order valence-corrected chi connectivity index (χ0v) is 15.0. The molecule has 0 radical (unpaired) electrons. The molecule has 2 nitrogen and oxygen atoms in total. The van der Waals surface area contributed by atoms with Gasteiger partial charge in [0.05, 0.1) is 17.0 Å². The highest BCUT2D eigenvalue weighted by Crippen LogP contribution is 2.32. The molecule has 0 atom stereocenters. The summed E-state index contributed by atoms with van der Waals surface area (Å²) in [4.78, 5) is 0. The first kappa shape index (κ1) is 16.2. The van der Waals surface area contributed by atoms with E-state index in [0.717, 1.165) is 5.39 Å². The molecule has 0 N–H and O–H groups in total. The molecule has 0 saturated carbocycles. The van der Waals surface area contributed by atoms with E-state index in [1.165, 1.54) is 27.8 Å². The minimum atomic E-state index is 0.111. The number of nitriles is 1. The smallest absolute Gasteiger partial charge is 0.200 e. The zero-order valence-electron chi connectivity index (χ0n) is 15.0. The Morgan fingerprint density at radius 2 is 1.75 bits per heavy atom. The lowest BCUT2D eigenvalue weighted by molar-refractivity contribution is -0.659. The Hall–Kier alpha value is -2.66. The highest BCUT2D eigenvalue weighted by Gasteiger charge is 2.21. The predicted molar refractivity (Wildman–Crippen MR) is 98.7 cm³/mol. The van der Waals surface area contributed by atoms with E-state index in [0.29, 0.717) is 5.56 Å². The van der Waals surface area contributed by atoms with Gasteiger partial charge in [-0.2, -0.15) is 5.26 Å². The van der Waals surface area contributed by atoms with Gasteiger partial charge < -0.3 is 0 Å². The van der Waals surface area contributed by atoms with Gasteiger partial charge in [-0.15, -0.1) is 0 Å². The van der Waals surface area contributed by atoms with E-state index in [9.17, 15) is 0 Å². The van der Waals surface area contributed by atoms with Crippen LogP contribution in [-0.4, -0.2) is 0 Å². The molecule has 0 fully saturated rings. The Kier molecular flexibility index (Phi) is 3.89. The van der Waals surface area contributed by atoms with E-state index in [2.05, 4.69) is 81.9 Å². The third-order valence-electron chi connectivity index (χ3n) is 4.62. The van der Waals surface area contributed by atoms with Gasteiger partial charge in [0.15, 0.2) is 6.20 Å². The van der Waals surface area contributed by atoms with Gasteiger partial charge in [0, 0.05) is 11.6 Å². The van der Waals surface area contributed by atoms with Crippen molar-refractivity contribution in [2.45, 2.75) is 33.1 Å². The lowest BCUT2D eigenvalue weighted by Crippen LogP contribution is -2.31. The van der Waals surface area contributed by atoms with Crippen LogP contribution in [-0.2, 0) is 12.5 Å². The quantitative estimate of drug-likeness (QED) is 0.592. The Morgan fingerprint density at radius 1 is 1.00 bits per heavy atom. The van der Waals surface area contributed by atoms with Gasteiger partial charge in [0.2, 0.25) is 5.69 Å². The summed E-state index contributed by atoms with van der Waals surface area (Å²) in [5.41, 5.74) is 5.84. The van der Waals surface area contributed by atoms with Crippen molar-refractivity contribution >= 4 is 10.8 Å². The largest absolute Gasteiger partial charge is 0.220 e. The Labute approximate surface area is 144 Å². The number of rotatable bonds is 1. The third kappa shape index (κ3) is 2.78. The summed E-state index contributed by atoms with van der Waals surface area (Å²) in [7, 11) is 2.08. The molecule has 0 bridgehead atoms. The average molecular weight is 315 g/mol. The predicted octanol–water partition coefficient (Wildman–Crippen LogP) is 4.81. The van der Waals surface area contributed by atoms with Crippen LogP contribution in [0, 0.1) is 18.3 Å². The van der Waals surface area contributed by atoms with E-state index < -0.39 is 0 Å². The minimum Gasteiger partial charge on any atom is -0.200 e. The molecule has 24 heavy (non-hydrogen) atoms. The number of fused-ring (bicyclic) bond motifs is 1. The SMILES string of the molecule is Cc1ccc(C(C)(C)C)cc1-c1c2ccc(C#N)cc2cc[n+]1C. The van der Waals surface area contributed by atoms with Gasteiger partial charge in [-0.1, -0.05) is 32.9 Å². The minimum absolute atomic E-state index is 0.111. The molecule has 0 aliphatic heterocycles. The molecule has 120 valence electrons.